The van der Waals surface area contributed by atoms with E-state index in [-0.39, 0.29) is 11.8 Å². The van der Waals surface area contributed by atoms with Crippen molar-refractivity contribution in [3.63, 3.8) is 0 Å². The summed E-state index contributed by atoms with van der Waals surface area (Å²) >= 11 is 0. The van der Waals surface area contributed by atoms with Gasteiger partial charge in [-0.1, -0.05) is 19.1 Å². The number of amides is 1. The van der Waals surface area contributed by atoms with Crippen LogP contribution in [0.1, 0.15) is 51.9 Å². The number of hydrogen-bond acceptors (Lipinski definition) is 2. The van der Waals surface area contributed by atoms with Crippen LogP contribution in [0.2, 0.25) is 0 Å². The maximum Gasteiger partial charge on any atom is 0.329 e. The summed E-state index contributed by atoms with van der Waals surface area (Å²) in [5.74, 6) is -0.154. The van der Waals surface area contributed by atoms with E-state index in [0.29, 0.717) is 25.2 Å². The minimum atomic E-state index is -1.02. The van der Waals surface area contributed by atoms with E-state index in [2.05, 4.69) is 24.4 Å². The summed E-state index contributed by atoms with van der Waals surface area (Å²) < 4.78 is 0. The van der Waals surface area contributed by atoms with Gasteiger partial charge in [-0.05, 0) is 50.4 Å². The Morgan fingerprint density at radius 2 is 2.00 bits per heavy atom. The zero-order valence-electron chi connectivity index (χ0n) is 11.5. The fraction of sp³-hybridized carbons (Fsp3) is 0.733. The second-order valence-electron chi connectivity index (χ2n) is 6.09. The lowest BCUT2D eigenvalue weighted by Gasteiger charge is -2.36. The Bertz CT molecular complexity index is 381. The average molecular weight is 265 g/mol. The van der Waals surface area contributed by atoms with E-state index in [1.807, 2.05) is 0 Å². The van der Waals surface area contributed by atoms with Gasteiger partial charge in [0.05, 0.1) is 0 Å². The lowest BCUT2D eigenvalue weighted by Crippen LogP contribution is -2.56. The fourth-order valence-electron chi connectivity index (χ4n) is 3.07. The molecule has 4 heteroatoms. The van der Waals surface area contributed by atoms with E-state index in [9.17, 15) is 14.7 Å². The minimum Gasteiger partial charge on any atom is -0.480 e. The van der Waals surface area contributed by atoms with E-state index in [1.54, 1.807) is 0 Å². The van der Waals surface area contributed by atoms with E-state index in [4.69, 9.17) is 0 Å². The monoisotopic (exact) mass is 265 g/mol. The first-order chi connectivity index (χ1) is 9.02. The summed E-state index contributed by atoms with van der Waals surface area (Å²) in [6, 6.07) is 0. The number of carboxylic acids is 1. The lowest BCUT2D eigenvalue weighted by molar-refractivity contribution is -0.149. The van der Waals surface area contributed by atoms with Crippen molar-refractivity contribution in [2.24, 2.45) is 11.8 Å². The van der Waals surface area contributed by atoms with Crippen molar-refractivity contribution < 1.29 is 14.7 Å². The number of carbonyl (C=O) groups is 2. The van der Waals surface area contributed by atoms with Gasteiger partial charge < -0.3 is 10.4 Å². The van der Waals surface area contributed by atoms with Crippen molar-refractivity contribution in [2.75, 3.05) is 0 Å². The molecule has 1 atom stereocenters. The highest BCUT2D eigenvalue weighted by Gasteiger charge is 2.42. The van der Waals surface area contributed by atoms with Crippen LogP contribution in [0.4, 0.5) is 0 Å². The van der Waals surface area contributed by atoms with Gasteiger partial charge >= 0.3 is 5.97 Å². The molecule has 2 rings (SSSR count). The Balaban J connectivity index is 1.94. The van der Waals surface area contributed by atoms with Crippen molar-refractivity contribution in [1.29, 1.82) is 0 Å². The van der Waals surface area contributed by atoms with Crippen molar-refractivity contribution in [3.8, 4) is 0 Å². The maximum atomic E-state index is 12.1. The molecule has 0 saturated heterocycles. The van der Waals surface area contributed by atoms with Crippen molar-refractivity contribution in [2.45, 2.75) is 57.4 Å². The largest absolute Gasteiger partial charge is 0.480 e. The number of carbonyl (C=O) groups excluding carboxylic acids is 1. The summed E-state index contributed by atoms with van der Waals surface area (Å²) in [4.78, 5) is 23.6. The molecule has 4 nitrogen and oxygen atoms in total. The first-order valence-electron chi connectivity index (χ1n) is 7.23. The van der Waals surface area contributed by atoms with E-state index in [1.165, 1.54) is 0 Å². The molecular formula is C15H23NO3. The number of nitrogens with one attached hydrogen (secondary N) is 1. The van der Waals surface area contributed by atoms with Crippen LogP contribution in [0.25, 0.3) is 0 Å². The second-order valence-corrected chi connectivity index (χ2v) is 6.09. The molecule has 2 N–H and O–H groups in total. The third-order valence-electron chi connectivity index (χ3n) is 4.48. The molecule has 106 valence electrons. The highest BCUT2D eigenvalue weighted by Crippen LogP contribution is 2.32. The van der Waals surface area contributed by atoms with E-state index in [0.717, 1.165) is 25.7 Å². The number of allylic oxidation sites excluding steroid dienone is 2. The summed E-state index contributed by atoms with van der Waals surface area (Å²) in [6.45, 7) is 2.14. The molecule has 0 radical (unpaired) electrons. The molecule has 0 bridgehead atoms. The standard InChI is InChI=1S/C15H23NO3/c1-11-6-8-15(9-7-11,14(18)19)16-13(17)10-12-4-2-3-5-12/h2,4,11-12H,3,5-10H2,1H3,(H,16,17)(H,18,19). The number of rotatable bonds is 4. The van der Waals surface area contributed by atoms with Gasteiger partial charge in [-0.25, -0.2) is 4.79 Å². The second kappa shape index (κ2) is 5.76. The Labute approximate surface area is 114 Å². The topological polar surface area (TPSA) is 66.4 Å². The third-order valence-corrected chi connectivity index (χ3v) is 4.48. The zero-order valence-corrected chi connectivity index (χ0v) is 11.5. The fourth-order valence-corrected chi connectivity index (χ4v) is 3.07. The van der Waals surface area contributed by atoms with Crippen LogP contribution in [-0.4, -0.2) is 22.5 Å². The molecule has 0 aromatic carbocycles. The maximum absolute atomic E-state index is 12.1. The van der Waals surface area contributed by atoms with Crippen LogP contribution in [0.5, 0.6) is 0 Å². The smallest absolute Gasteiger partial charge is 0.329 e. The SMILES string of the molecule is CC1CCC(NC(=O)CC2C=CCC2)(C(=O)O)CC1. The van der Waals surface area contributed by atoms with Crippen LogP contribution >= 0.6 is 0 Å². The van der Waals surface area contributed by atoms with Crippen LogP contribution < -0.4 is 5.32 Å². The molecule has 0 aromatic heterocycles. The first-order valence-corrected chi connectivity index (χ1v) is 7.23. The molecule has 0 heterocycles. The average Bonchev–Trinajstić information content (AvgIpc) is 2.84. The summed E-state index contributed by atoms with van der Waals surface area (Å²) in [7, 11) is 0. The van der Waals surface area contributed by atoms with Crippen LogP contribution in [0.15, 0.2) is 12.2 Å². The lowest BCUT2D eigenvalue weighted by atomic mass is 9.77. The predicted molar refractivity (Wildman–Crippen MR) is 72.6 cm³/mol. The van der Waals surface area contributed by atoms with Gasteiger partial charge in [0.1, 0.15) is 5.54 Å². The van der Waals surface area contributed by atoms with Crippen LogP contribution in [0, 0.1) is 11.8 Å². The Morgan fingerprint density at radius 1 is 1.32 bits per heavy atom. The van der Waals surface area contributed by atoms with Crippen LogP contribution in [0.3, 0.4) is 0 Å². The number of aliphatic carboxylic acids is 1. The Kier molecular flexibility index (Phi) is 4.27. The van der Waals surface area contributed by atoms with Gasteiger partial charge in [-0.3, -0.25) is 4.79 Å². The molecule has 19 heavy (non-hydrogen) atoms. The van der Waals surface area contributed by atoms with Crippen molar-refractivity contribution in [3.05, 3.63) is 12.2 Å². The van der Waals surface area contributed by atoms with Gasteiger partial charge in [0, 0.05) is 6.42 Å². The highest BCUT2D eigenvalue weighted by molar-refractivity contribution is 5.87. The van der Waals surface area contributed by atoms with Gasteiger partial charge in [-0.15, -0.1) is 0 Å². The van der Waals surface area contributed by atoms with Crippen molar-refractivity contribution >= 4 is 11.9 Å². The molecule has 1 fully saturated rings. The summed E-state index contributed by atoms with van der Waals surface area (Å²) in [6.07, 6.45) is 9.45. The minimum absolute atomic E-state index is 0.117. The molecule has 2 aliphatic carbocycles. The molecule has 0 aromatic rings. The van der Waals surface area contributed by atoms with E-state index >= 15 is 0 Å². The number of hydrogen-bond donors (Lipinski definition) is 2. The quantitative estimate of drug-likeness (QED) is 0.767. The molecule has 1 amide bonds. The van der Waals surface area contributed by atoms with Gasteiger partial charge in [0.15, 0.2) is 0 Å². The molecule has 2 aliphatic rings. The van der Waals surface area contributed by atoms with E-state index < -0.39 is 11.5 Å². The highest BCUT2D eigenvalue weighted by atomic mass is 16.4. The Morgan fingerprint density at radius 3 is 2.53 bits per heavy atom. The zero-order chi connectivity index (χ0) is 13.9. The molecular weight excluding hydrogens is 242 g/mol. The van der Waals surface area contributed by atoms with Gasteiger partial charge in [-0.2, -0.15) is 0 Å². The molecule has 0 spiro atoms. The summed E-state index contributed by atoms with van der Waals surface area (Å²) in [5, 5.41) is 12.3. The van der Waals surface area contributed by atoms with Gasteiger partial charge in [0.25, 0.3) is 0 Å². The molecule has 1 saturated carbocycles. The number of carboxylic acid groups (broad SMARTS) is 1. The van der Waals surface area contributed by atoms with Gasteiger partial charge in [0.2, 0.25) is 5.91 Å². The normalized spacial score (nSPS) is 34.2. The molecule has 1 unspecified atom stereocenters. The molecule has 0 aliphatic heterocycles. The summed E-state index contributed by atoms with van der Waals surface area (Å²) in [5.41, 5.74) is -1.02. The predicted octanol–water partition coefficient (Wildman–Crippen LogP) is 2.49. The Hall–Kier alpha value is -1.32. The third kappa shape index (κ3) is 3.37. The van der Waals surface area contributed by atoms with Crippen LogP contribution in [-0.2, 0) is 9.59 Å². The van der Waals surface area contributed by atoms with Crippen molar-refractivity contribution in [1.82, 2.24) is 5.32 Å². The first kappa shape index (κ1) is 14.1.